The Morgan fingerprint density at radius 2 is 1.06 bits per heavy atom. The van der Waals surface area contributed by atoms with Crippen LogP contribution in [0.1, 0.15) is 101 Å². The van der Waals surface area contributed by atoms with Crippen LogP contribution in [0.2, 0.25) is 0 Å². The van der Waals surface area contributed by atoms with Crippen molar-refractivity contribution in [2.75, 3.05) is 0 Å². The van der Waals surface area contributed by atoms with Gasteiger partial charge in [0.25, 0.3) is 0 Å². The summed E-state index contributed by atoms with van der Waals surface area (Å²) in [4.78, 5) is 9.05. The molecule has 1 aromatic heterocycles. The van der Waals surface area contributed by atoms with Gasteiger partial charge in [0.1, 0.15) is 6.61 Å². The van der Waals surface area contributed by atoms with Crippen LogP contribution in [0.3, 0.4) is 0 Å². The molecule has 35 heavy (non-hydrogen) atoms. The van der Waals surface area contributed by atoms with Crippen LogP contribution in [0, 0.1) is 0 Å². The summed E-state index contributed by atoms with van der Waals surface area (Å²) >= 11 is 0. The largest absolute Gasteiger partial charge is 0.472 e. The molecule has 0 saturated carbocycles. The van der Waals surface area contributed by atoms with E-state index in [1.165, 1.54) is 88.2 Å². The molecule has 0 bridgehead atoms. The lowest BCUT2D eigenvalue weighted by Gasteiger charge is -2.08. The fourth-order valence-corrected chi connectivity index (χ4v) is 4.38. The number of aryl methyl sites for hydroxylation is 2. The maximum absolute atomic E-state index is 5.88. The van der Waals surface area contributed by atoms with E-state index < -0.39 is 0 Å². The molecule has 0 aliphatic carbocycles. The Morgan fingerprint density at radius 1 is 0.543 bits per heavy atom. The Morgan fingerprint density at radius 3 is 1.60 bits per heavy atom. The van der Waals surface area contributed by atoms with Crippen molar-refractivity contribution in [3.63, 3.8) is 0 Å². The van der Waals surface area contributed by atoms with E-state index in [1.54, 1.807) is 12.4 Å². The van der Waals surface area contributed by atoms with Gasteiger partial charge in [0, 0.05) is 5.56 Å². The summed E-state index contributed by atoms with van der Waals surface area (Å²) in [7, 11) is 0. The van der Waals surface area contributed by atoms with Crippen molar-refractivity contribution in [2.24, 2.45) is 0 Å². The number of aromatic nitrogens is 2. The van der Waals surface area contributed by atoms with E-state index in [1.807, 2.05) is 0 Å². The summed E-state index contributed by atoms with van der Waals surface area (Å²) in [5, 5.41) is 0. The molecule has 0 unspecified atom stereocenters. The van der Waals surface area contributed by atoms with Crippen LogP contribution in [0.15, 0.2) is 60.9 Å². The van der Waals surface area contributed by atoms with Crippen LogP contribution in [-0.2, 0) is 19.4 Å². The van der Waals surface area contributed by atoms with Crippen LogP contribution in [0.5, 0.6) is 5.88 Å². The second-order valence-corrected chi connectivity index (χ2v) is 9.72. The number of nitrogens with zero attached hydrogens (tertiary/aromatic N) is 2. The molecule has 0 amide bonds. The number of rotatable bonds is 17. The van der Waals surface area contributed by atoms with E-state index in [-0.39, 0.29) is 0 Å². The van der Waals surface area contributed by atoms with Crippen LogP contribution in [0.4, 0.5) is 0 Å². The Labute approximate surface area is 213 Å². The Balaban J connectivity index is 1.39. The first-order valence-corrected chi connectivity index (χ1v) is 13.9. The number of hydrogen-bond donors (Lipinski definition) is 0. The zero-order valence-electron chi connectivity index (χ0n) is 22.0. The minimum atomic E-state index is 0.512. The molecule has 0 aliphatic rings. The van der Waals surface area contributed by atoms with Gasteiger partial charge in [-0.05, 0) is 42.4 Å². The average Bonchev–Trinajstić information content (AvgIpc) is 2.91. The molecule has 3 aromatic rings. The van der Waals surface area contributed by atoms with E-state index in [0.29, 0.717) is 12.5 Å². The van der Waals surface area contributed by atoms with Gasteiger partial charge in [0.2, 0.25) is 5.88 Å². The van der Waals surface area contributed by atoms with Crippen molar-refractivity contribution in [3.05, 3.63) is 77.6 Å². The molecule has 0 spiro atoms. The molecule has 3 heteroatoms. The minimum Gasteiger partial charge on any atom is -0.472 e. The van der Waals surface area contributed by atoms with Gasteiger partial charge in [-0.25, -0.2) is 9.97 Å². The highest BCUT2D eigenvalue weighted by Crippen LogP contribution is 2.20. The molecular formula is C32H44N2O. The third-order valence-electron chi connectivity index (χ3n) is 6.68. The van der Waals surface area contributed by atoms with Crippen LogP contribution in [0.25, 0.3) is 11.3 Å². The summed E-state index contributed by atoms with van der Waals surface area (Å²) in [5.74, 6) is 0.564. The van der Waals surface area contributed by atoms with Crippen molar-refractivity contribution in [1.82, 2.24) is 9.97 Å². The number of benzene rings is 2. The predicted molar refractivity (Wildman–Crippen MR) is 148 cm³/mol. The Hall–Kier alpha value is -2.68. The minimum absolute atomic E-state index is 0.512. The summed E-state index contributed by atoms with van der Waals surface area (Å²) in [6, 6.07) is 17.5. The molecule has 0 aliphatic heterocycles. The molecule has 2 aromatic carbocycles. The second-order valence-electron chi connectivity index (χ2n) is 9.72. The quantitative estimate of drug-likeness (QED) is 0.184. The molecule has 188 valence electrons. The summed E-state index contributed by atoms with van der Waals surface area (Å²) in [6.45, 7) is 5.04. The molecule has 0 radical (unpaired) electrons. The monoisotopic (exact) mass is 472 g/mol. The lowest BCUT2D eigenvalue weighted by molar-refractivity contribution is 0.292. The molecule has 0 saturated heterocycles. The van der Waals surface area contributed by atoms with E-state index >= 15 is 0 Å². The van der Waals surface area contributed by atoms with Crippen LogP contribution >= 0.6 is 0 Å². The highest BCUT2D eigenvalue weighted by Gasteiger charge is 2.04. The third-order valence-corrected chi connectivity index (χ3v) is 6.68. The smallest absolute Gasteiger partial charge is 0.232 e. The summed E-state index contributed by atoms with van der Waals surface area (Å²) < 4.78 is 5.88. The molecule has 0 fully saturated rings. The van der Waals surface area contributed by atoms with Crippen molar-refractivity contribution >= 4 is 0 Å². The maximum Gasteiger partial charge on any atom is 0.232 e. The van der Waals surface area contributed by atoms with Gasteiger partial charge in [-0.1, -0.05) is 120 Å². The van der Waals surface area contributed by atoms with E-state index in [0.717, 1.165) is 23.2 Å². The topological polar surface area (TPSA) is 35.0 Å². The molecule has 0 atom stereocenters. The van der Waals surface area contributed by atoms with E-state index in [4.69, 9.17) is 4.74 Å². The Bertz CT molecular complexity index is 933. The van der Waals surface area contributed by atoms with Crippen LogP contribution in [-0.4, -0.2) is 9.97 Å². The van der Waals surface area contributed by atoms with Crippen molar-refractivity contribution in [1.29, 1.82) is 0 Å². The third kappa shape index (κ3) is 10.2. The fraction of sp³-hybridized carbons (Fsp3) is 0.500. The Kier molecular flexibility index (Phi) is 12.4. The first-order chi connectivity index (χ1) is 17.3. The molecule has 0 N–H and O–H groups in total. The lowest BCUT2D eigenvalue weighted by Crippen LogP contribution is -1.99. The predicted octanol–water partition coefficient (Wildman–Crippen LogP) is 9.14. The normalized spacial score (nSPS) is 11.0. The van der Waals surface area contributed by atoms with E-state index in [9.17, 15) is 0 Å². The number of ether oxygens (including phenoxy) is 1. The molecule has 3 nitrogen and oxygen atoms in total. The zero-order chi connectivity index (χ0) is 24.6. The first-order valence-electron chi connectivity index (χ1n) is 13.9. The standard InChI is InChI=1S/C32H44N2O/c1-3-5-7-9-11-13-14-27-16-18-29(19-17-27)26-35-32-25-33-31(24-34-32)30-22-20-28(21-23-30)15-12-10-8-6-4-2/h16-25H,3-15,26H2,1-2H3. The zero-order valence-corrected chi connectivity index (χ0v) is 22.0. The maximum atomic E-state index is 5.88. The lowest BCUT2D eigenvalue weighted by atomic mass is 10.0. The van der Waals surface area contributed by atoms with Crippen LogP contribution < -0.4 is 4.74 Å². The summed E-state index contributed by atoms with van der Waals surface area (Å²) in [5.41, 5.74) is 5.95. The van der Waals surface area contributed by atoms with E-state index in [2.05, 4.69) is 72.3 Å². The molecule has 1 heterocycles. The van der Waals surface area contributed by atoms with Gasteiger partial charge in [-0.3, -0.25) is 0 Å². The number of hydrogen-bond acceptors (Lipinski definition) is 3. The van der Waals surface area contributed by atoms with Gasteiger partial charge in [0.05, 0.1) is 18.1 Å². The van der Waals surface area contributed by atoms with Gasteiger partial charge in [-0.15, -0.1) is 0 Å². The van der Waals surface area contributed by atoms with Gasteiger partial charge < -0.3 is 4.74 Å². The average molecular weight is 473 g/mol. The molecule has 3 rings (SSSR count). The van der Waals surface area contributed by atoms with Gasteiger partial charge in [0.15, 0.2) is 0 Å². The number of unbranched alkanes of at least 4 members (excludes halogenated alkanes) is 9. The second kappa shape index (κ2) is 16.1. The van der Waals surface area contributed by atoms with Crippen molar-refractivity contribution < 1.29 is 4.74 Å². The first kappa shape index (κ1) is 26.9. The SMILES string of the molecule is CCCCCCCCc1ccc(COc2cnc(-c3ccc(CCCCCCC)cc3)cn2)cc1. The highest BCUT2D eigenvalue weighted by molar-refractivity contribution is 5.58. The van der Waals surface area contributed by atoms with Gasteiger partial charge >= 0.3 is 0 Å². The fourth-order valence-electron chi connectivity index (χ4n) is 4.38. The molecular weight excluding hydrogens is 428 g/mol. The van der Waals surface area contributed by atoms with Gasteiger partial charge in [-0.2, -0.15) is 0 Å². The summed E-state index contributed by atoms with van der Waals surface area (Å²) in [6.07, 6.45) is 20.5. The van der Waals surface area contributed by atoms with Crippen molar-refractivity contribution in [3.8, 4) is 17.1 Å². The highest BCUT2D eigenvalue weighted by atomic mass is 16.5. The van der Waals surface area contributed by atoms with Crippen molar-refractivity contribution in [2.45, 2.75) is 104 Å².